The molecule has 0 fully saturated rings. The normalized spacial score (nSPS) is 12.0. The number of aryl methyl sites for hydroxylation is 1. The number of hydrogen-bond donors (Lipinski definition) is 2. The van der Waals surface area contributed by atoms with Crippen LogP contribution in [0.4, 0.5) is 5.69 Å². The maximum atomic E-state index is 9.97. The van der Waals surface area contributed by atoms with Crippen molar-refractivity contribution in [3.63, 3.8) is 0 Å². The lowest BCUT2D eigenvalue weighted by Gasteiger charge is -2.15. The highest BCUT2D eigenvalue weighted by atomic mass is 79.9. The summed E-state index contributed by atoms with van der Waals surface area (Å²) < 4.78 is 6.46. The van der Waals surface area contributed by atoms with E-state index in [-0.39, 0.29) is 6.61 Å². The summed E-state index contributed by atoms with van der Waals surface area (Å²) in [6.45, 7) is 2.61. The molecule has 0 aliphatic carbocycles. The number of benzene rings is 2. The maximum Gasteiger partial charge on any atom is 0.119 e. The molecule has 3 nitrogen and oxygen atoms in total. The van der Waals surface area contributed by atoms with Crippen LogP contribution in [0.25, 0.3) is 0 Å². The Morgan fingerprint density at radius 2 is 2.10 bits per heavy atom. The van der Waals surface area contributed by atoms with E-state index in [4.69, 9.17) is 16.3 Å². The third-order valence-electron chi connectivity index (χ3n) is 2.89. The van der Waals surface area contributed by atoms with Gasteiger partial charge in [-0.15, -0.1) is 0 Å². The molecule has 0 saturated heterocycles. The van der Waals surface area contributed by atoms with Gasteiger partial charge in [0.2, 0.25) is 0 Å². The first kappa shape index (κ1) is 16.1. The quantitative estimate of drug-likeness (QED) is 0.798. The fourth-order valence-electron chi connectivity index (χ4n) is 1.82. The predicted octanol–water partition coefficient (Wildman–Crippen LogP) is 4.26. The summed E-state index contributed by atoms with van der Waals surface area (Å²) >= 11 is 9.37. The smallest absolute Gasteiger partial charge is 0.119 e. The second kappa shape index (κ2) is 7.69. The Kier molecular flexibility index (Phi) is 5.91. The Balaban J connectivity index is 1.82. The Labute approximate surface area is 138 Å². The second-order valence-corrected chi connectivity index (χ2v) is 6.08. The molecule has 0 amide bonds. The highest BCUT2D eigenvalue weighted by Crippen LogP contribution is 2.25. The van der Waals surface area contributed by atoms with Gasteiger partial charge in [-0.05, 0) is 58.7 Å². The molecule has 112 valence electrons. The van der Waals surface area contributed by atoms with Gasteiger partial charge in [0.25, 0.3) is 0 Å². The zero-order valence-corrected chi connectivity index (χ0v) is 14.0. The van der Waals surface area contributed by atoms with Crippen molar-refractivity contribution in [1.29, 1.82) is 0 Å². The van der Waals surface area contributed by atoms with Gasteiger partial charge in [-0.25, -0.2) is 0 Å². The molecule has 0 heterocycles. The van der Waals surface area contributed by atoms with E-state index in [2.05, 4.69) is 21.2 Å². The van der Waals surface area contributed by atoms with Crippen LogP contribution in [0, 0.1) is 6.92 Å². The molecule has 0 radical (unpaired) electrons. The standard InChI is InChI=1S/C16H17BrClNO2/c1-11-3-2-4-14(7-11)21-10-13(20)9-19-16-8-12(18)5-6-15(16)17/h2-8,13,19-20H,9-10H2,1H3. The van der Waals surface area contributed by atoms with Crippen molar-refractivity contribution in [3.05, 3.63) is 57.5 Å². The molecule has 1 atom stereocenters. The molecule has 1 unspecified atom stereocenters. The first-order valence-corrected chi connectivity index (χ1v) is 7.78. The van der Waals surface area contributed by atoms with Gasteiger partial charge in [-0.3, -0.25) is 0 Å². The number of nitrogens with one attached hydrogen (secondary N) is 1. The summed E-state index contributed by atoms with van der Waals surface area (Å²) in [5.74, 6) is 0.762. The number of hydrogen-bond acceptors (Lipinski definition) is 3. The van der Waals surface area contributed by atoms with Crippen LogP contribution in [0.2, 0.25) is 5.02 Å². The minimum Gasteiger partial charge on any atom is -0.491 e. The van der Waals surface area contributed by atoms with Gasteiger partial charge in [0, 0.05) is 21.7 Å². The van der Waals surface area contributed by atoms with Crippen molar-refractivity contribution in [2.75, 3.05) is 18.5 Å². The van der Waals surface area contributed by atoms with Crippen LogP contribution in [0.1, 0.15) is 5.56 Å². The number of rotatable bonds is 6. The van der Waals surface area contributed by atoms with Gasteiger partial charge in [-0.1, -0.05) is 23.7 Å². The third-order valence-corrected chi connectivity index (χ3v) is 3.82. The lowest BCUT2D eigenvalue weighted by atomic mass is 10.2. The van der Waals surface area contributed by atoms with E-state index in [1.54, 1.807) is 12.1 Å². The summed E-state index contributed by atoms with van der Waals surface area (Å²) in [7, 11) is 0. The minimum absolute atomic E-state index is 0.231. The molecule has 0 aliphatic rings. The molecule has 2 aromatic rings. The molecule has 0 bridgehead atoms. The summed E-state index contributed by atoms with van der Waals surface area (Å²) in [4.78, 5) is 0. The molecule has 0 spiro atoms. The van der Waals surface area contributed by atoms with E-state index >= 15 is 0 Å². The first-order chi connectivity index (χ1) is 10.0. The Morgan fingerprint density at radius 1 is 1.29 bits per heavy atom. The average Bonchev–Trinajstić information content (AvgIpc) is 2.46. The number of halogens is 2. The van der Waals surface area contributed by atoms with Crippen molar-refractivity contribution >= 4 is 33.2 Å². The third kappa shape index (κ3) is 5.23. The summed E-state index contributed by atoms with van der Waals surface area (Å²) in [6, 6.07) is 13.2. The first-order valence-electron chi connectivity index (χ1n) is 6.61. The predicted molar refractivity (Wildman–Crippen MR) is 90.3 cm³/mol. The SMILES string of the molecule is Cc1cccc(OCC(O)CNc2cc(Cl)ccc2Br)c1. The molecule has 2 N–H and O–H groups in total. The topological polar surface area (TPSA) is 41.5 Å². The largest absolute Gasteiger partial charge is 0.491 e. The van der Waals surface area contributed by atoms with E-state index in [1.807, 2.05) is 37.3 Å². The van der Waals surface area contributed by atoms with E-state index in [1.165, 1.54) is 0 Å². The van der Waals surface area contributed by atoms with Crippen molar-refractivity contribution in [2.24, 2.45) is 0 Å². The lowest BCUT2D eigenvalue weighted by Crippen LogP contribution is -2.26. The maximum absolute atomic E-state index is 9.97. The Morgan fingerprint density at radius 3 is 2.86 bits per heavy atom. The molecular formula is C16H17BrClNO2. The van der Waals surface area contributed by atoms with E-state index in [0.717, 1.165) is 21.5 Å². The van der Waals surface area contributed by atoms with Crippen LogP contribution >= 0.6 is 27.5 Å². The fraction of sp³-hybridized carbons (Fsp3) is 0.250. The molecule has 0 aromatic heterocycles. The number of ether oxygens (including phenoxy) is 1. The van der Waals surface area contributed by atoms with Crippen LogP contribution < -0.4 is 10.1 Å². The van der Waals surface area contributed by atoms with Crippen molar-refractivity contribution < 1.29 is 9.84 Å². The molecule has 2 rings (SSSR count). The number of aliphatic hydroxyl groups excluding tert-OH is 1. The number of aliphatic hydroxyl groups is 1. The summed E-state index contributed by atoms with van der Waals surface area (Å²) in [6.07, 6.45) is -0.614. The van der Waals surface area contributed by atoms with Crippen LogP contribution in [0.15, 0.2) is 46.9 Å². The van der Waals surface area contributed by atoms with Crippen molar-refractivity contribution in [1.82, 2.24) is 0 Å². The van der Waals surface area contributed by atoms with Crippen LogP contribution in [0.5, 0.6) is 5.75 Å². The van der Waals surface area contributed by atoms with Gasteiger partial charge < -0.3 is 15.2 Å². The van der Waals surface area contributed by atoms with Crippen LogP contribution in [-0.4, -0.2) is 24.4 Å². The van der Waals surface area contributed by atoms with E-state index in [0.29, 0.717) is 11.6 Å². The van der Waals surface area contributed by atoms with Crippen molar-refractivity contribution in [2.45, 2.75) is 13.0 Å². The molecular weight excluding hydrogens is 354 g/mol. The number of anilines is 1. The molecule has 21 heavy (non-hydrogen) atoms. The van der Waals surface area contributed by atoms with E-state index < -0.39 is 6.10 Å². The summed E-state index contributed by atoms with van der Waals surface area (Å²) in [5, 5.41) is 13.8. The van der Waals surface area contributed by atoms with Gasteiger partial charge >= 0.3 is 0 Å². The van der Waals surface area contributed by atoms with E-state index in [9.17, 15) is 5.11 Å². The Bertz CT molecular complexity index is 607. The lowest BCUT2D eigenvalue weighted by molar-refractivity contribution is 0.117. The molecule has 2 aromatic carbocycles. The molecule has 5 heteroatoms. The zero-order chi connectivity index (χ0) is 15.2. The Hall–Kier alpha value is -1.23. The van der Waals surface area contributed by atoms with Gasteiger partial charge in [0.05, 0.1) is 0 Å². The second-order valence-electron chi connectivity index (χ2n) is 4.79. The highest BCUT2D eigenvalue weighted by molar-refractivity contribution is 9.10. The van der Waals surface area contributed by atoms with Crippen LogP contribution in [-0.2, 0) is 0 Å². The fourth-order valence-corrected chi connectivity index (χ4v) is 2.38. The molecule has 0 aliphatic heterocycles. The summed E-state index contributed by atoms with van der Waals surface area (Å²) in [5.41, 5.74) is 1.97. The zero-order valence-electron chi connectivity index (χ0n) is 11.6. The van der Waals surface area contributed by atoms with Gasteiger partial charge in [-0.2, -0.15) is 0 Å². The average molecular weight is 371 g/mol. The van der Waals surface area contributed by atoms with Gasteiger partial charge in [0.1, 0.15) is 18.5 Å². The molecule has 0 saturated carbocycles. The monoisotopic (exact) mass is 369 g/mol. The minimum atomic E-state index is -0.614. The highest BCUT2D eigenvalue weighted by Gasteiger charge is 2.07. The van der Waals surface area contributed by atoms with Crippen LogP contribution in [0.3, 0.4) is 0 Å². The van der Waals surface area contributed by atoms with Gasteiger partial charge in [0.15, 0.2) is 0 Å². The van der Waals surface area contributed by atoms with Crippen molar-refractivity contribution in [3.8, 4) is 5.75 Å².